The van der Waals surface area contributed by atoms with Gasteiger partial charge in [-0.15, -0.1) is 0 Å². The maximum absolute atomic E-state index is 5.27. The van der Waals surface area contributed by atoms with Crippen LogP contribution in [0.5, 0.6) is 5.75 Å². The number of thiazole rings is 1. The summed E-state index contributed by atoms with van der Waals surface area (Å²) in [6.07, 6.45) is 2.09. The molecule has 5 heteroatoms. The van der Waals surface area contributed by atoms with Gasteiger partial charge in [-0.2, -0.15) is 0 Å². The fourth-order valence-electron chi connectivity index (χ4n) is 2.40. The number of ether oxygens (including phenoxy) is 1. The van der Waals surface area contributed by atoms with Gasteiger partial charge in [0.1, 0.15) is 5.75 Å². The molecule has 0 atom stereocenters. The molecule has 104 valence electrons. The Morgan fingerprint density at radius 1 is 1.19 bits per heavy atom. The van der Waals surface area contributed by atoms with E-state index in [-0.39, 0.29) is 0 Å². The van der Waals surface area contributed by atoms with Gasteiger partial charge in [0.2, 0.25) is 0 Å². The maximum atomic E-state index is 5.27. The molecule has 0 unspecified atom stereocenters. The van der Waals surface area contributed by atoms with Crippen molar-refractivity contribution in [2.45, 2.75) is 0 Å². The van der Waals surface area contributed by atoms with Gasteiger partial charge in [-0.25, -0.2) is 4.98 Å². The van der Waals surface area contributed by atoms with E-state index in [1.165, 1.54) is 4.70 Å². The molecule has 0 radical (unpaired) electrons. The number of hydrogen-bond acceptors (Lipinski definition) is 3. The molecule has 0 aliphatic carbocycles. The fraction of sp³-hybridized carbons (Fsp3) is 0.0625. The van der Waals surface area contributed by atoms with Gasteiger partial charge in [0.15, 0.2) is 4.96 Å². The van der Waals surface area contributed by atoms with Gasteiger partial charge in [0.05, 0.1) is 23.0 Å². The summed E-state index contributed by atoms with van der Waals surface area (Å²) >= 11 is 5.17. The molecule has 0 fully saturated rings. The number of methoxy groups -OCH3 is 1. The Balaban J connectivity index is 1.91. The molecule has 3 nitrogen and oxygen atoms in total. The average Bonchev–Trinajstić information content (AvgIpc) is 3.04. The number of nitrogens with zero attached hydrogens (tertiary/aromatic N) is 2. The molecular formula is C16H11BrN2OS. The van der Waals surface area contributed by atoms with Crippen molar-refractivity contribution in [2.24, 2.45) is 0 Å². The van der Waals surface area contributed by atoms with Gasteiger partial charge in [-0.3, -0.25) is 4.40 Å². The minimum atomic E-state index is 0.874. The van der Waals surface area contributed by atoms with E-state index in [2.05, 4.69) is 44.7 Å². The summed E-state index contributed by atoms with van der Waals surface area (Å²) in [5.74, 6) is 0.874. The molecule has 0 bridgehead atoms. The molecule has 0 saturated heterocycles. The summed E-state index contributed by atoms with van der Waals surface area (Å²) < 4.78 is 9.65. The molecule has 0 spiro atoms. The first-order valence-electron chi connectivity index (χ1n) is 6.46. The van der Waals surface area contributed by atoms with Gasteiger partial charge >= 0.3 is 0 Å². The first kappa shape index (κ1) is 12.9. The lowest BCUT2D eigenvalue weighted by atomic mass is 10.2. The van der Waals surface area contributed by atoms with Crippen molar-refractivity contribution in [3.63, 3.8) is 0 Å². The van der Waals surface area contributed by atoms with Crippen LogP contribution in [0.15, 0.2) is 53.1 Å². The average molecular weight is 359 g/mol. The van der Waals surface area contributed by atoms with Crippen LogP contribution in [0.4, 0.5) is 0 Å². The van der Waals surface area contributed by atoms with Crippen LogP contribution in [0.25, 0.3) is 26.4 Å². The molecule has 4 aromatic rings. The van der Waals surface area contributed by atoms with Crippen LogP contribution in [0, 0.1) is 0 Å². The number of fused-ring (bicyclic) bond motifs is 3. The third kappa shape index (κ3) is 2.13. The Labute approximate surface area is 133 Å². The molecule has 0 aliphatic rings. The number of aromatic nitrogens is 2. The zero-order chi connectivity index (χ0) is 14.4. The van der Waals surface area contributed by atoms with E-state index in [0.717, 1.165) is 32.0 Å². The van der Waals surface area contributed by atoms with Gasteiger partial charge in [-0.05, 0) is 30.3 Å². The van der Waals surface area contributed by atoms with E-state index in [1.54, 1.807) is 18.4 Å². The summed E-state index contributed by atoms with van der Waals surface area (Å²) in [5, 5.41) is 0. The van der Waals surface area contributed by atoms with E-state index in [4.69, 9.17) is 9.72 Å². The normalized spacial score (nSPS) is 11.3. The Kier molecular flexibility index (Phi) is 2.97. The number of hydrogen-bond donors (Lipinski definition) is 0. The highest BCUT2D eigenvalue weighted by atomic mass is 79.9. The first-order valence-corrected chi connectivity index (χ1v) is 8.07. The summed E-state index contributed by atoms with van der Waals surface area (Å²) in [4.78, 5) is 5.73. The van der Waals surface area contributed by atoms with E-state index < -0.39 is 0 Å². The van der Waals surface area contributed by atoms with Crippen LogP contribution in [0.3, 0.4) is 0 Å². The van der Waals surface area contributed by atoms with Crippen LogP contribution >= 0.6 is 27.3 Å². The van der Waals surface area contributed by atoms with Crippen LogP contribution in [0.2, 0.25) is 0 Å². The molecule has 2 aromatic heterocycles. The largest absolute Gasteiger partial charge is 0.497 e. The van der Waals surface area contributed by atoms with E-state index >= 15 is 0 Å². The standard InChI is InChI=1S/C16H11BrN2OS/c1-20-12-5-6-14-15(8-12)21-16-18-13(9-19(14)16)10-3-2-4-11(17)7-10/h2-9H,1H3. The highest BCUT2D eigenvalue weighted by molar-refractivity contribution is 9.10. The summed E-state index contributed by atoms with van der Waals surface area (Å²) in [7, 11) is 1.69. The lowest BCUT2D eigenvalue weighted by Crippen LogP contribution is -1.82. The predicted octanol–water partition coefficient (Wildman–Crippen LogP) is 4.99. The fourth-order valence-corrected chi connectivity index (χ4v) is 3.83. The van der Waals surface area contributed by atoms with Crippen LogP contribution < -0.4 is 4.74 Å². The number of rotatable bonds is 2. The Morgan fingerprint density at radius 2 is 2.10 bits per heavy atom. The minimum Gasteiger partial charge on any atom is -0.497 e. The van der Waals surface area contributed by atoms with Crippen molar-refractivity contribution < 1.29 is 4.74 Å². The van der Waals surface area contributed by atoms with Gasteiger partial charge in [-0.1, -0.05) is 39.4 Å². The molecule has 0 aliphatic heterocycles. The Morgan fingerprint density at radius 3 is 2.90 bits per heavy atom. The lowest BCUT2D eigenvalue weighted by molar-refractivity contribution is 0.415. The zero-order valence-corrected chi connectivity index (χ0v) is 13.6. The van der Waals surface area contributed by atoms with Crippen molar-refractivity contribution in [2.75, 3.05) is 7.11 Å². The van der Waals surface area contributed by atoms with E-state index in [1.807, 2.05) is 24.3 Å². The second-order valence-corrected chi connectivity index (χ2v) is 6.65. The van der Waals surface area contributed by atoms with Crippen LogP contribution in [0.1, 0.15) is 0 Å². The first-order chi connectivity index (χ1) is 10.2. The third-order valence-corrected chi connectivity index (χ3v) is 4.93. The molecule has 4 rings (SSSR count). The zero-order valence-electron chi connectivity index (χ0n) is 11.2. The molecule has 2 aromatic carbocycles. The highest BCUT2D eigenvalue weighted by Crippen LogP contribution is 2.32. The SMILES string of the molecule is COc1ccc2c(c1)sc1nc(-c3cccc(Br)c3)cn12. The van der Waals surface area contributed by atoms with Gasteiger partial charge < -0.3 is 4.74 Å². The van der Waals surface area contributed by atoms with E-state index in [0.29, 0.717) is 0 Å². The quantitative estimate of drug-likeness (QED) is 0.504. The van der Waals surface area contributed by atoms with Gasteiger partial charge in [0.25, 0.3) is 0 Å². The number of benzene rings is 2. The highest BCUT2D eigenvalue weighted by Gasteiger charge is 2.11. The molecule has 2 heterocycles. The van der Waals surface area contributed by atoms with Crippen molar-refractivity contribution in [1.29, 1.82) is 0 Å². The predicted molar refractivity (Wildman–Crippen MR) is 90.3 cm³/mol. The molecule has 0 amide bonds. The van der Waals surface area contributed by atoms with E-state index in [9.17, 15) is 0 Å². The van der Waals surface area contributed by atoms with Crippen molar-refractivity contribution in [3.8, 4) is 17.0 Å². The molecule has 0 N–H and O–H groups in total. The smallest absolute Gasteiger partial charge is 0.195 e. The molecular weight excluding hydrogens is 348 g/mol. The second kappa shape index (κ2) is 4.86. The molecule has 21 heavy (non-hydrogen) atoms. The monoisotopic (exact) mass is 358 g/mol. The van der Waals surface area contributed by atoms with Crippen molar-refractivity contribution in [1.82, 2.24) is 9.38 Å². The summed E-state index contributed by atoms with van der Waals surface area (Å²) in [5.41, 5.74) is 3.26. The van der Waals surface area contributed by atoms with Crippen LogP contribution in [-0.4, -0.2) is 16.5 Å². The maximum Gasteiger partial charge on any atom is 0.195 e. The topological polar surface area (TPSA) is 26.5 Å². The Hall–Kier alpha value is -1.85. The summed E-state index contributed by atoms with van der Waals surface area (Å²) in [6.45, 7) is 0. The third-order valence-electron chi connectivity index (χ3n) is 3.42. The number of halogens is 1. The van der Waals surface area contributed by atoms with Crippen molar-refractivity contribution in [3.05, 3.63) is 53.1 Å². The lowest BCUT2D eigenvalue weighted by Gasteiger charge is -1.99. The van der Waals surface area contributed by atoms with Crippen LogP contribution in [-0.2, 0) is 0 Å². The van der Waals surface area contributed by atoms with Gasteiger partial charge in [0, 0.05) is 16.2 Å². The Bertz CT molecular complexity index is 957. The summed E-state index contributed by atoms with van der Waals surface area (Å²) in [6, 6.07) is 14.3. The minimum absolute atomic E-state index is 0.874. The second-order valence-electron chi connectivity index (χ2n) is 4.72. The number of imidazole rings is 1. The van der Waals surface area contributed by atoms with Crippen molar-refractivity contribution >= 4 is 42.4 Å². The molecule has 0 saturated carbocycles.